The second-order valence-electron chi connectivity index (χ2n) is 15.8. The normalized spacial score (nSPS) is 24.1. The summed E-state index contributed by atoms with van der Waals surface area (Å²) < 4.78 is 55.3. The van der Waals surface area contributed by atoms with Crippen LogP contribution < -0.4 is 14.4 Å². The van der Waals surface area contributed by atoms with Crippen LogP contribution in [0.4, 0.5) is 19.4 Å². The highest BCUT2D eigenvalue weighted by atomic mass is 19.1. The fourth-order valence-electron chi connectivity index (χ4n) is 8.91. The van der Waals surface area contributed by atoms with Gasteiger partial charge in [0.2, 0.25) is 0 Å². The first-order valence-electron chi connectivity index (χ1n) is 18.4. The molecular formula is C41H45F2N5O5. The molecule has 4 saturated heterocycles. The van der Waals surface area contributed by atoms with Crippen LogP contribution in [0.1, 0.15) is 58.4 Å². The minimum Gasteiger partial charge on any atom is -0.468 e. The summed E-state index contributed by atoms with van der Waals surface area (Å²) in [6, 6.07) is 12.8. The van der Waals surface area contributed by atoms with Crippen molar-refractivity contribution in [3.63, 3.8) is 0 Å². The zero-order valence-electron chi connectivity index (χ0n) is 30.7. The number of hydrogen-bond donors (Lipinski definition) is 0. The molecule has 2 bridgehead atoms. The molecule has 4 aliphatic rings. The average molecular weight is 726 g/mol. The van der Waals surface area contributed by atoms with Gasteiger partial charge in [0.05, 0.1) is 17.6 Å². The van der Waals surface area contributed by atoms with Crippen LogP contribution >= 0.6 is 0 Å². The van der Waals surface area contributed by atoms with Gasteiger partial charge in [-0.2, -0.15) is 9.97 Å². The van der Waals surface area contributed by atoms with Crippen molar-refractivity contribution >= 4 is 33.6 Å². The Balaban J connectivity index is 1.25. The number of aromatic nitrogens is 2. The first kappa shape index (κ1) is 35.3. The Hall–Kier alpha value is -4.73. The minimum absolute atomic E-state index is 0.0123. The van der Waals surface area contributed by atoms with Crippen LogP contribution in [-0.4, -0.2) is 102 Å². The zero-order chi connectivity index (χ0) is 37.1. The molecule has 0 unspecified atom stereocenters. The van der Waals surface area contributed by atoms with E-state index in [1.54, 1.807) is 12.1 Å². The topological polar surface area (TPSA) is 89.5 Å². The molecule has 10 nitrogen and oxygen atoms in total. The van der Waals surface area contributed by atoms with Gasteiger partial charge in [-0.05, 0) is 87.5 Å². The van der Waals surface area contributed by atoms with E-state index >= 15 is 4.39 Å². The van der Waals surface area contributed by atoms with Crippen LogP contribution in [0.2, 0.25) is 0 Å². The van der Waals surface area contributed by atoms with E-state index in [9.17, 15) is 9.18 Å². The summed E-state index contributed by atoms with van der Waals surface area (Å²) in [6.45, 7) is 7.90. The fourth-order valence-corrected chi connectivity index (χ4v) is 8.91. The van der Waals surface area contributed by atoms with E-state index in [1.165, 1.54) is 7.11 Å². The van der Waals surface area contributed by atoms with E-state index in [0.29, 0.717) is 54.1 Å². The Labute approximate surface area is 308 Å². The maximum Gasteiger partial charge on any atom is 0.410 e. The lowest BCUT2D eigenvalue weighted by Crippen LogP contribution is -2.57. The lowest BCUT2D eigenvalue weighted by Gasteiger charge is -2.42. The van der Waals surface area contributed by atoms with Crippen molar-refractivity contribution in [2.75, 3.05) is 51.6 Å². The number of terminal acetylenes is 1. The van der Waals surface area contributed by atoms with Crippen LogP contribution in [0.15, 0.2) is 42.5 Å². The quantitative estimate of drug-likeness (QED) is 0.140. The van der Waals surface area contributed by atoms with Crippen LogP contribution in [-0.2, 0) is 9.47 Å². The van der Waals surface area contributed by atoms with Gasteiger partial charge in [0, 0.05) is 49.7 Å². The number of fused-ring (bicyclic) bond motifs is 5. The predicted molar refractivity (Wildman–Crippen MR) is 199 cm³/mol. The van der Waals surface area contributed by atoms with Crippen molar-refractivity contribution in [1.29, 1.82) is 0 Å². The summed E-state index contributed by atoms with van der Waals surface area (Å²) in [7, 11) is 1.54. The summed E-state index contributed by atoms with van der Waals surface area (Å²) in [4.78, 5) is 29.1. The second kappa shape index (κ2) is 13.6. The third-order valence-corrected chi connectivity index (χ3v) is 11.1. The van der Waals surface area contributed by atoms with Gasteiger partial charge in [-0.3, -0.25) is 9.80 Å². The number of carbonyl (C=O) groups excluding carboxylic acids is 1. The van der Waals surface area contributed by atoms with Crippen molar-refractivity contribution in [2.45, 2.75) is 82.3 Å². The number of halogens is 2. The number of piperazine rings is 1. The number of amides is 1. The number of carbonyl (C=O) groups is 1. The predicted octanol–water partition coefficient (Wildman–Crippen LogP) is 7.10. The molecule has 0 radical (unpaired) electrons. The van der Waals surface area contributed by atoms with Gasteiger partial charge >= 0.3 is 12.1 Å². The van der Waals surface area contributed by atoms with Crippen molar-refractivity contribution < 1.29 is 32.5 Å². The molecule has 12 heteroatoms. The number of alkyl halides is 1. The lowest BCUT2D eigenvalue weighted by atomic mass is 9.92. The summed E-state index contributed by atoms with van der Waals surface area (Å²) in [5.41, 5.74) is 0.0754. The van der Waals surface area contributed by atoms with Gasteiger partial charge in [-0.1, -0.05) is 30.2 Å². The molecule has 0 N–H and O–H groups in total. The SMILES string of the molecule is C#Cc1cc2c(N3C[C@H]4CC[C@@H](C3)N4C(=O)OC(C)(C)C)nc(OC[C@@]34CCCN3C[C@H](F)C4)nc2c(F)c1-c1cc(OCOC)cc2ccccc12. The molecule has 3 aromatic carbocycles. The minimum atomic E-state index is -0.927. The number of benzene rings is 3. The average Bonchev–Trinajstić information content (AvgIpc) is 3.75. The summed E-state index contributed by atoms with van der Waals surface area (Å²) in [5, 5.41) is 2.07. The highest BCUT2D eigenvalue weighted by molar-refractivity contribution is 6.03. The first-order valence-corrected chi connectivity index (χ1v) is 18.4. The van der Waals surface area contributed by atoms with Crippen LogP contribution in [0.3, 0.4) is 0 Å². The summed E-state index contributed by atoms with van der Waals surface area (Å²) in [6.07, 6.45) is 8.65. The van der Waals surface area contributed by atoms with Crippen molar-refractivity contribution in [2.24, 2.45) is 0 Å². The van der Waals surface area contributed by atoms with Gasteiger partial charge in [-0.25, -0.2) is 13.6 Å². The molecular weight excluding hydrogens is 680 g/mol. The molecule has 278 valence electrons. The molecule has 0 spiro atoms. The van der Waals surface area contributed by atoms with E-state index in [0.717, 1.165) is 43.0 Å². The molecule has 4 aliphatic heterocycles. The smallest absolute Gasteiger partial charge is 0.410 e. The second-order valence-corrected chi connectivity index (χ2v) is 15.8. The van der Waals surface area contributed by atoms with Crippen molar-refractivity contribution in [3.05, 3.63) is 53.8 Å². The molecule has 8 rings (SSSR count). The maximum absolute atomic E-state index is 17.5. The van der Waals surface area contributed by atoms with E-state index in [-0.39, 0.29) is 48.7 Å². The number of anilines is 1. The number of rotatable bonds is 8. The molecule has 4 atom stereocenters. The van der Waals surface area contributed by atoms with Gasteiger partial charge in [0.25, 0.3) is 0 Å². The van der Waals surface area contributed by atoms with Crippen LogP contribution in [0.5, 0.6) is 11.8 Å². The number of methoxy groups -OCH3 is 1. The Morgan fingerprint density at radius 1 is 1.06 bits per heavy atom. The molecule has 0 saturated carbocycles. The molecule has 1 amide bonds. The van der Waals surface area contributed by atoms with Gasteiger partial charge in [0.1, 0.15) is 35.5 Å². The third-order valence-electron chi connectivity index (χ3n) is 11.1. The number of nitrogens with zero attached hydrogens (tertiary/aromatic N) is 5. The van der Waals surface area contributed by atoms with Crippen LogP contribution in [0.25, 0.3) is 32.8 Å². The highest BCUT2D eigenvalue weighted by Crippen LogP contribution is 2.44. The Bertz CT molecular complexity index is 2100. The first-order chi connectivity index (χ1) is 25.5. The van der Waals surface area contributed by atoms with Crippen molar-refractivity contribution in [3.8, 4) is 35.2 Å². The van der Waals surface area contributed by atoms with Gasteiger partial charge < -0.3 is 23.8 Å². The Kier molecular flexibility index (Phi) is 9.06. The highest BCUT2D eigenvalue weighted by Gasteiger charge is 2.50. The Morgan fingerprint density at radius 3 is 2.57 bits per heavy atom. The number of ether oxygens (including phenoxy) is 4. The standard InChI is InChI=1S/C41H45F2N5O5/c1-6-25-17-33-36(35(43)34(25)32-18-30(52-24-50-5)16-26-10-7-8-11-31(26)32)44-38(51-23-41-14-9-15-47(41)20-27(42)19-41)45-37(33)46-21-28-12-13-29(22-46)48(28)39(49)53-40(2,3)4/h1,7-8,10-11,16-18,27-29H,9,12-15,19-24H2,2-5H3/t27-,28-,29+,41+/m1/s1. The lowest BCUT2D eigenvalue weighted by molar-refractivity contribution is 0.0122. The molecule has 5 heterocycles. The van der Waals surface area contributed by atoms with Gasteiger partial charge in [-0.15, -0.1) is 6.42 Å². The summed E-state index contributed by atoms with van der Waals surface area (Å²) in [5.74, 6) is 3.10. The maximum atomic E-state index is 17.5. The van der Waals surface area contributed by atoms with Gasteiger partial charge in [0.15, 0.2) is 12.6 Å². The van der Waals surface area contributed by atoms with E-state index in [2.05, 4.69) is 15.7 Å². The van der Waals surface area contributed by atoms with Crippen molar-refractivity contribution in [1.82, 2.24) is 19.8 Å². The Morgan fingerprint density at radius 2 is 1.83 bits per heavy atom. The molecule has 4 fully saturated rings. The summed E-state index contributed by atoms with van der Waals surface area (Å²) >= 11 is 0. The van der Waals surface area contributed by atoms with E-state index < -0.39 is 23.1 Å². The molecule has 53 heavy (non-hydrogen) atoms. The largest absolute Gasteiger partial charge is 0.468 e. The molecule has 4 aromatic rings. The molecule has 1 aromatic heterocycles. The van der Waals surface area contributed by atoms with E-state index in [1.807, 2.05) is 56.0 Å². The molecule has 0 aliphatic carbocycles. The monoisotopic (exact) mass is 725 g/mol. The zero-order valence-corrected chi connectivity index (χ0v) is 30.7. The van der Waals surface area contributed by atoms with Crippen LogP contribution in [0, 0.1) is 18.2 Å². The van der Waals surface area contributed by atoms with E-state index in [4.69, 9.17) is 35.3 Å². The third kappa shape index (κ3) is 6.48. The fraction of sp³-hybridized carbons (Fsp3) is 0.488. The number of hydrogen-bond acceptors (Lipinski definition) is 9.